The van der Waals surface area contributed by atoms with E-state index in [1.807, 2.05) is 0 Å². The number of nitrogens with two attached hydrogens (primary N) is 1. The minimum Gasteiger partial charge on any atom is -0.328 e. The zero-order valence-corrected chi connectivity index (χ0v) is 9.84. The van der Waals surface area contributed by atoms with E-state index in [2.05, 4.69) is 18.7 Å². The van der Waals surface area contributed by atoms with E-state index in [9.17, 15) is 0 Å². The lowest BCUT2D eigenvalue weighted by Gasteiger charge is -2.21. The number of hydrogen-bond acceptors (Lipinski definition) is 2. The van der Waals surface area contributed by atoms with Gasteiger partial charge in [-0.25, -0.2) is 0 Å². The maximum Gasteiger partial charge on any atom is 0.00363 e. The Labute approximate surface area is 88.8 Å². The van der Waals surface area contributed by atoms with Crippen LogP contribution in [0, 0.1) is 5.92 Å². The summed E-state index contributed by atoms with van der Waals surface area (Å²) >= 11 is 0. The molecular formula is C12H26N2. The van der Waals surface area contributed by atoms with E-state index in [1.54, 1.807) is 0 Å². The Morgan fingerprint density at radius 1 is 1.21 bits per heavy atom. The summed E-state index contributed by atoms with van der Waals surface area (Å²) in [5.41, 5.74) is 5.92. The van der Waals surface area contributed by atoms with Gasteiger partial charge in [0.25, 0.3) is 0 Å². The smallest absolute Gasteiger partial charge is 0.00363 e. The van der Waals surface area contributed by atoms with Gasteiger partial charge < -0.3 is 10.6 Å². The lowest BCUT2D eigenvalue weighted by Crippen LogP contribution is -2.27. The zero-order chi connectivity index (χ0) is 10.4. The van der Waals surface area contributed by atoms with Gasteiger partial charge in [-0.1, -0.05) is 13.8 Å². The predicted octanol–water partition coefficient (Wildman–Crippen LogP) is 2.24. The van der Waals surface area contributed by atoms with Gasteiger partial charge in [0.1, 0.15) is 0 Å². The second-order valence-corrected chi connectivity index (χ2v) is 4.86. The number of hydrogen-bond donors (Lipinski definition) is 1. The van der Waals surface area contributed by atoms with Crippen molar-refractivity contribution in [2.24, 2.45) is 11.7 Å². The van der Waals surface area contributed by atoms with Crippen LogP contribution in [0.1, 0.15) is 46.0 Å². The van der Waals surface area contributed by atoms with Gasteiger partial charge in [0, 0.05) is 12.6 Å². The molecular weight excluding hydrogens is 172 g/mol. The van der Waals surface area contributed by atoms with Gasteiger partial charge >= 0.3 is 0 Å². The third kappa shape index (κ3) is 4.43. The molecule has 1 aliphatic heterocycles. The third-order valence-electron chi connectivity index (χ3n) is 3.32. The largest absolute Gasteiger partial charge is 0.328 e. The molecule has 0 amide bonds. The van der Waals surface area contributed by atoms with Crippen molar-refractivity contribution in [3.63, 3.8) is 0 Å². The second kappa shape index (κ2) is 6.41. The summed E-state index contributed by atoms with van der Waals surface area (Å²) in [7, 11) is 0. The van der Waals surface area contributed by atoms with Crippen molar-refractivity contribution >= 4 is 0 Å². The summed E-state index contributed by atoms with van der Waals surface area (Å²) in [5, 5.41) is 0. The third-order valence-corrected chi connectivity index (χ3v) is 3.32. The summed E-state index contributed by atoms with van der Waals surface area (Å²) in [6, 6.07) is 0.427. The molecule has 2 atom stereocenters. The lowest BCUT2D eigenvalue weighted by molar-refractivity contribution is 0.274. The predicted molar refractivity (Wildman–Crippen MR) is 62.3 cm³/mol. The van der Waals surface area contributed by atoms with Gasteiger partial charge in [0.2, 0.25) is 0 Å². The molecule has 14 heavy (non-hydrogen) atoms. The van der Waals surface area contributed by atoms with Crippen molar-refractivity contribution in [1.29, 1.82) is 0 Å². The first kappa shape index (κ1) is 12.0. The minimum absolute atomic E-state index is 0.427. The van der Waals surface area contributed by atoms with E-state index in [1.165, 1.54) is 45.3 Å². The first-order valence-corrected chi connectivity index (χ1v) is 6.20. The zero-order valence-electron chi connectivity index (χ0n) is 9.84. The summed E-state index contributed by atoms with van der Waals surface area (Å²) in [6.07, 6.45) is 6.43. The molecule has 2 nitrogen and oxygen atoms in total. The number of likely N-dealkylation sites (tertiary alicyclic amines) is 1. The van der Waals surface area contributed by atoms with E-state index in [0.29, 0.717) is 6.04 Å². The molecule has 0 aromatic rings. The van der Waals surface area contributed by atoms with Gasteiger partial charge in [-0.15, -0.1) is 0 Å². The van der Waals surface area contributed by atoms with Gasteiger partial charge in [-0.3, -0.25) is 0 Å². The maximum absolute atomic E-state index is 5.92. The van der Waals surface area contributed by atoms with E-state index >= 15 is 0 Å². The molecule has 1 rings (SSSR count). The van der Waals surface area contributed by atoms with E-state index in [0.717, 1.165) is 12.3 Å². The Bertz CT molecular complexity index is 141. The summed E-state index contributed by atoms with van der Waals surface area (Å²) < 4.78 is 0. The number of nitrogens with zero attached hydrogens (tertiary/aromatic N) is 1. The van der Waals surface area contributed by atoms with Crippen LogP contribution in [-0.4, -0.2) is 30.6 Å². The van der Waals surface area contributed by atoms with Crippen LogP contribution in [0.3, 0.4) is 0 Å². The van der Waals surface area contributed by atoms with Crippen molar-refractivity contribution in [2.75, 3.05) is 19.6 Å². The van der Waals surface area contributed by atoms with Crippen molar-refractivity contribution in [1.82, 2.24) is 4.90 Å². The van der Waals surface area contributed by atoms with Crippen LogP contribution in [0.15, 0.2) is 0 Å². The molecule has 2 heteroatoms. The first-order valence-electron chi connectivity index (χ1n) is 6.20. The van der Waals surface area contributed by atoms with Crippen molar-refractivity contribution in [3.05, 3.63) is 0 Å². The molecule has 0 aliphatic carbocycles. The molecule has 0 aromatic carbocycles. The van der Waals surface area contributed by atoms with Gasteiger partial charge in [-0.05, 0) is 51.1 Å². The molecule has 1 aliphatic rings. The average molecular weight is 198 g/mol. The summed E-state index contributed by atoms with van der Waals surface area (Å²) in [4.78, 5) is 2.60. The first-order chi connectivity index (χ1) is 6.72. The Morgan fingerprint density at radius 3 is 2.43 bits per heavy atom. The Kier molecular flexibility index (Phi) is 5.49. The average Bonchev–Trinajstić information content (AvgIpc) is 2.66. The minimum atomic E-state index is 0.427. The fraction of sp³-hybridized carbons (Fsp3) is 1.00. The lowest BCUT2D eigenvalue weighted by atomic mass is 10.0. The molecule has 0 saturated carbocycles. The highest BCUT2D eigenvalue weighted by Gasteiger charge is 2.14. The van der Waals surface area contributed by atoms with Crippen molar-refractivity contribution in [2.45, 2.75) is 52.0 Å². The van der Waals surface area contributed by atoms with Gasteiger partial charge in [0.15, 0.2) is 0 Å². The Balaban J connectivity index is 2.05. The quantitative estimate of drug-likeness (QED) is 0.709. The summed E-state index contributed by atoms with van der Waals surface area (Å²) in [5.74, 6) is 0.825. The van der Waals surface area contributed by atoms with Crippen LogP contribution in [-0.2, 0) is 0 Å². The van der Waals surface area contributed by atoms with E-state index in [4.69, 9.17) is 5.73 Å². The molecule has 0 bridgehead atoms. The second-order valence-electron chi connectivity index (χ2n) is 4.86. The van der Waals surface area contributed by atoms with Crippen molar-refractivity contribution < 1.29 is 0 Å². The highest BCUT2D eigenvalue weighted by molar-refractivity contribution is 4.70. The van der Waals surface area contributed by atoms with Crippen LogP contribution in [0.2, 0.25) is 0 Å². The topological polar surface area (TPSA) is 29.3 Å². The summed E-state index contributed by atoms with van der Waals surface area (Å²) in [6.45, 7) is 8.47. The maximum atomic E-state index is 5.92. The van der Waals surface area contributed by atoms with Crippen LogP contribution in [0.5, 0.6) is 0 Å². The van der Waals surface area contributed by atoms with Gasteiger partial charge in [0.05, 0.1) is 0 Å². The van der Waals surface area contributed by atoms with Crippen LogP contribution < -0.4 is 5.73 Å². The SMILES string of the molecule is CCC(N)CCC(C)CN1CCCC1. The highest BCUT2D eigenvalue weighted by atomic mass is 15.1. The molecule has 0 aromatic heterocycles. The Hall–Kier alpha value is -0.0800. The molecule has 1 fully saturated rings. The normalized spacial score (nSPS) is 22.5. The molecule has 2 N–H and O–H groups in total. The molecule has 2 unspecified atom stereocenters. The fourth-order valence-corrected chi connectivity index (χ4v) is 2.20. The Morgan fingerprint density at radius 2 is 1.86 bits per heavy atom. The van der Waals surface area contributed by atoms with E-state index < -0.39 is 0 Å². The molecule has 1 heterocycles. The van der Waals surface area contributed by atoms with E-state index in [-0.39, 0.29) is 0 Å². The molecule has 0 radical (unpaired) electrons. The standard InChI is InChI=1S/C12H26N2/c1-3-12(13)7-6-11(2)10-14-8-4-5-9-14/h11-12H,3-10,13H2,1-2H3. The van der Waals surface area contributed by atoms with Crippen LogP contribution in [0.4, 0.5) is 0 Å². The fourth-order valence-electron chi connectivity index (χ4n) is 2.20. The van der Waals surface area contributed by atoms with Gasteiger partial charge in [-0.2, -0.15) is 0 Å². The van der Waals surface area contributed by atoms with Crippen LogP contribution >= 0.6 is 0 Å². The monoisotopic (exact) mass is 198 g/mol. The molecule has 0 spiro atoms. The molecule has 84 valence electrons. The number of rotatable bonds is 6. The van der Waals surface area contributed by atoms with Crippen molar-refractivity contribution in [3.8, 4) is 0 Å². The van der Waals surface area contributed by atoms with Crippen LogP contribution in [0.25, 0.3) is 0 Å². The molecule has 1 saturated heterocycles. The highest BCUT2D eigenvalue weighted by Crippen LogP contribution is 2.14.